The molecule has 0 atom stereocenters. The number of carbonyl (C=O) groups excluding carboxylic acids is 1. The topological polar surface area (TPSA) is 26.3 Å². The second kappa shape index (κ2) is 14.6. The van der Waals surface area contributed by atoms with Gasteiger partial charge in [-0.15, -0.1) is 0 Å². The van der Waals surface area contributed by atoms with Crippen molar-refractivity contribution >= 4 is 5.97 Å². The molecule has 33 heavy (non-hydrogen) atoms. The summed E-state index contributed by atoms with van der Waals surface area (Å²) in [7, 11) is 0. The average Bonchev–Trinajstić information content (AvgIpc) is 2.85. The van der Waals surface area contributed by atoms with Crippen molar-refractivity contribution in [3.63, 3.8) is 0 Å². The van der Waals surface area contributed by atoms with Crippen LogP contribution in [-0.2, 0) is 11.2 Å². The highest BCUT2D eigenvalue weighted by atomic mass is 16.5. The van der Waals surface area contributed by atoms with Gasteiger partial charge < -0.3 is 4.74 Å². The minimum Gasteiger partial charge on any atom is -0.459 e. The van der Waals surface area contributed by atoms with Gasteiger partial charge in [-0.2, -0.15) is 0 Å². The summed E-state index contributed by atoms with van der Waals surface area (Å²) in [5, 5.41) is 0. The van der Waals surface area contributed by atoms with Crippen molar-refractivity contribution in [3.8, 4) is 0 Å². The summed E-state index contributed by atoms with van der Waals surface area (Å²) in [5.41, 5.74) is 2.00. The number of ether oxygens (including phenoxy) is 1. The number of rotatable bonds is 12. The molecule has 2 nitrogen and oxygen atoms in total. The molecule has 2 heteroatoms. The zero-order valence-corrected chi connectivity index (χ0v) is 21.4. The molecular weight excluding hydrogens is 404 g/mol. The number of aryl methyl sites for hydroxylation is 1. The van der Waals surface area contributed by atoms with Gasteiger partial charge >= 0.3 is 5.97 Å². The molecule has 0 aliphatic heterocycles. The first-order chi connectivity index (χ1) is 16.2. The van der Waals surface area contributed by atoms with Crippen LogP contribution < -0.4 is 0 Å². The standard InChI is InChI=1S/C31H48O2/c1-3-5-6-10-26-13-15-27(16-14-26)11-7-8-12-28-17-21-29(22-18-28)31(32)33-30-23-19-25(9-4-2)20-24-30/h7,11,17-18,21-22,25-27,30H,3-6,8-10,12-16,19-20,23-24H2,1-2H3. The fourth-order valence-corrected chi connectivity index (χ4v) is 5.86. The van der Waals surface area contributed by atoms with E-state index in [2.05, 4.69) is 38.1 Å². The Bertz CT molecular complexity index is 688. The second-order valence-corrected chi connectivity index (χ2v) is 10.8. The number of benzene rings is 1. The van der Waals surface area contributed by atoms with Crippen molar-refractivity contribution in [2.75, 3.05) is 0 Å². The summed E-state index contributed by atoms with van der Waals surface area (Å²) in [5.74, 6) is 2.47. The van der Waals surface area contributed by atoms with E-state index in [9.17, 15) is 4.79 Å². The minimum absolute atomic E-state index is 0.113. The first-order valence-corrected chi connectivity index (χ1v) is 14.1. The maximum absolute atomic E-state index is 12.5. The molecule has 2 aliphatic carbocycles. The number of allylic oxidation sites excluding steroid dienone is 2. The Morgan fingerprint density at radius 3 is 2.18 bits per heavy atom. The van der Waals surface area contributed by atoms with Gasteiger partial charge in [0.25, 0.3) is 0 Å². The van der Waals surface area contributed by atoms with E-state index in [0.29, 0.717) is 5.56 Å². The van der Waals surface area contributed by atoms with Crippen LogP contribution in [0.4, 0.5) is 0 Å². The molecule has 184 valence electrons. The molecule has 0 radical (unpaired) electrons. The molecule has 0 amide bonds. The van der Waals surface area contributed by atoms with Crippen LogP contribution in [0.3, 0.4) is 0 Å². The highest BCUT2D eigenvalue weighted by Gasteiger charge is 2.24. The van der Waals surface area contributed by atoms with Gasteiger partial charge in [0.2, 0.25) is 0 Å². The molecule has 0 saturated heterocycles. The first-order valence-electron chi connectivity index (χ1n) is 14.1. The molecule has 2 aliphatic rings. The van der Waals surface area contributed by atoms with Gasteiger partial charge in [0.05, 0.1) is 5.56 Å². The Kier molecular flexibility index (Phi) is 11.6. The Hall–Kier alpha value is -1.57. The Balaban J connectivity index is 1.32. The van der Waals surface area contributed by atoms with Gasteiger partial charge in [0.1, 0.15) is 6.10 Å². The van der Waals surface area contributed by atoms with Crippen molar-refractivity contribution < 1.29 is 9.53 Å². The van der Waals surface area contributed by atoms with Crippen LogP contribution in [0.25, 0.3) is 0 Å². The SMILES string of the molecule is CCCCCC1CCC(C=CCCc2ccc(C(=O)OC3CCC(CCC)CC3)cc2)CC1. The third-order valence-electron chi connectivity index (χ3n) is 8.07. The van der Waals surface area contributed by atoms with E-state index >= 15 is 0 Å². The summed E-state index contributed by atoms with van der Waals surface area (Å²) in [4.78, 5) is 12.5. The Morgan fingerprint density at radius 2 is 1.52 bits per heavy atom. The van der Waals surface area contributed by atoms with E-state index < -0.39 is 0 Å². The van der Waals surface area contributed by atoms with Crippen LogP contribution in [0, 0.1) is 17.8 Å². The van der Waals surface area contributed by atoms with Crippen LogP contribution in [0.15, 0.2) is 36.4 Å². The first kappa shape index (κ1) is 26.0. The van der Waals surface area contributed by atoms with E-state index in [1.807, 2.05) is 12.1 Å². The van der Waals surface area contributed by atoms with Crippen LogP contribution in [0.2, 0.25) is 0 Å². The Morgan fingerprint density at radius 1 is 0.848 bits per heavy atom. The fraction of sp³-hybridized carbons (Fsp3) is 0.710. The molecule has 1 aromatic carbocycles. The van der Waals surface area contributed by atoms with Crippen molar-refractivity contribution in [2.24, 2.45) is 17.8 Å². The van der Waals surface area contributed by atoms with Crippen molar-refractivity contribution in [3.05, 3.63) is 47.5 Å². The predicted molar refractivity (Wildman–Crippen MR) is 140 cm³/mol. The molecule has 2 saturated carbocycles. The lowest BCUT2D eigenvalue weighted by Gasteiger charge is -2.28. The number of carbonyl (C=O) groups is 1. The quantitative estimate of drug-likeness (QED) is 0.179. The van der Waals surface area contributed by atoms with Crippen molar-refractivity contribution in [1.29, 1.82) is 0 Å². The van der Waals surface area contributed by atoms with Gasteiger partial charge in [-0.3, -0.25) is 0 Å². The normalized spacial score (nSPS) is 25.9. The summed E-state index contributed by atoms with van der Waals surface area (Å²) in [6.45, 7) is 4.55. The molecule has 1 aromatic rings. The Labute approximate surface area is 203 Å². The number of hydrogen-bond donors (Lipinski definition) is 0. The highest BCUT2D eigenvalue weighted by molar-refractivity contribution is 5.89. The largest absolute Gasteiger partial charge is 0.459 e. The number of hydrogen-bond acceptors (Lipinski definition) is 2. The number of unbranched alkanes of at least 4 members (excludes halogenated alkanes) is 2. The van der Waals surface area contributed by atoms with Crippen molar-refractivity contribution in [1.82, 2.24) is 0 Å². The molecule has 0 unspecified atom stereocenters. The van der Waals surface area contributed by atoms with E-state index in [4.69, 9.17) is 4.74 Å². The average molecular weight is 453 g/mol. The zero-order chi connectivity index (χ0) is 23.3. The molecule has 0 heterocycles. The van der Waals surface area contributed by atoms with Crippen molar-refractivity contribution in [2.45, 2.75) is 123 Å². The van der Waals surface area contributed by atoms with Crippen LogP contribution in [0.5, 0.6) is 0 Å². The fourth-order valence-electron chi connectivity index (χ4n) is 5.86. The van der Waals surface area contributed by atoms with Gasteiger partial charge in [0, 0.05) is 0 Å². The molecule has 3 rings (SSSR count). The molecule has 0 spiro atoms. The monoisotopic (exact) mass is 452 g/mol. The maximum atomic E-state index is 12.5. The van der Waals surface area contributed by atoms with Crippen LogP contribution in [-0.4, -0.2) is 12.1 Å². The minimum atomic E-state index is -0.148. The highest BCUT2D eigenvalue weighted by Crippen LogP contribution is 2.33. The van der Waals surface area contributed by atoms with Crippen LogP contribution in [0.1, 0.15) is 126 Å². The molecular formula is C31H48O2. The third kappa shape index (κ3) is 9.30. The lowest BCUT2D eigenvalue weighted by atomic mass is 9.79. The van der Waals surface area contributed by atoms with Gasteiger partial charge in [-0.1, -0.05) is 76.7 Å². The predicted octanol–water partition coefficient (Wildman–Crippen LogP) is 9.08. The molecule has 0 bridgehead atoms. The smallest absolute Gasteiger partial charge is 0.338 e. The summed E-state index contributed by atoms with van der Waals surface area (Å²) in [6, 6.07) is 8.10. The summed E-state index contributed by atoms with van der Waals surface area (Å²) in [6.07, 6.45) is 25.4. The van der Waals surface area contributed by atoms with E-state index in [-0.39, 0.29) is 12.1 Å². The number of esters is 1. The van der Waals surface area contributed by atoms with Crippen LogP contribution >= 0.6 is 0 Å². The van der Waals surface area contributed by atoms with Gasteiger partial charge in [0.15, 0.2) is 0 Å². The molecule has 2 fully saturated rings. The molecule has 0 N–H and O–H groups in total. The third-order valence-corrected chi connectivity index (χ3v) is 8.07. The lowest BCUT2D eigenvalue weighted by Crippen LogP contribution is -2.24. The maximum Gasteiger partial charge on any atom is 0.338 e. The van der Waals surface area contributed by atoms with Gasteiger partial charge in [-0.05, 0) is 99.7 Å². The lowest BCUT2D eigenvalue weighted by molar-refractivity contribution is 0.0161. The summed E-state index contributed by atoms with van der Waals surface area (Å²) < 4.78 is 5.79. The van der Waals surface area contributed by atoms with Gasteiger partial charge in [-0.25, -0.2) is 4.79 Å². The second-order valence-electron chi connectivity index (χ2n) is 10.8. The molecule has 0 aromatic heterocycles. The zero-order valence-electron chi connectivity index (χ0n) is 21.4. The van der Waals surface area contributed by atoms with E-state index in [1.165, 1.54) is 82.6 Å². The summed E-state index contributed by atoms with van der Waals surface area (Å²) >= 11 is 0. The van der Waals surface area contributed by atoms with E-state index in [1.54, 1.807) is 0 Å². The van der Waals surface area contributed by atoms with E-state index in [0.717, 1.165) is 43.4 Å².